The van der Waals surface area contributed by atoms with Gasteiger partial charge in [0.1, 0.15) is 16.7 Å². The Hall–Kier alpha value is -2.97. The van der Waals surface area contributed by atoms with E-state index in [0.29, 0.717) is 21.5 Å². The van der Waals surface area contributed by atoms with Crippen molar-refractivity contribution in [1.82, 2.24) is 4.98 Å². The van der Waals surface area contributed by atoms with Crippen LogP contribution in [0.3, 0.4) is 0 Å². The molecular formula is C19H16F2N2O3S. The van der Waals surface area contributed by atoms with Crippen molar-refractivity contribution in [3.63, 3.8) is 0 Å². The Morgan fingerprint density at radius 3 is 2.48 bits per heavy atom. The normalized spacial score (nSPS) is 12.0. The average molecular weight is 390 g/mol. The minimum Gasteiger partial charge on any atom is -0.497 e. The fourth-order valence-corrected chi connectivity index (χ4v) is 3.72. The van der Waals surface area contributed by atoms with E-state index < -0.39 is 22.6 Å². The third kappa shape index (κ3) is 3.49. The molecule has 0 saturated heterocycles. The van der Waals surface area contributed by atoms with Gasteiger partial charge in [0.25, 0.3) is 0 Å². The molecule has 4 N–H and O–H groups in total. The number of aromatic nitrogens is 1. The van der Waals surface area contributed by atoms with Crippen LogP contribution in [0.5, 0.6) is 5.75 Å². The molecule has 0 aliphatic carbocycles. The zero-order valence-electron chi connectivity index (χ0n) is 14.2. The summed E-state index contributed by atoms with van der Waals surface area (Å²) < 4.78 is 47.5. The molecule has 0 bridgehead atoms. The van der Waals surface area contributed by atoms with Gasteiger partial charge in [-0.1, -0.05) is 12.1 Å². The van der Waals surface area contributed by atoms with Crippen LogP contribution in [-0.2, 0) is 11.0 Å². The van der Waals surface area contributed by atoms with Crippen molar-refractivity contribution < 1.29 is 23.2 Å². The first-order valence-corrected chi connectivity index (χ1v) is 8.92. The molecule has 4 rings (SSSR count). The standard InChI is InChI=1S/C19H14F2N2O2S.H2O/c1-25-13-4-2-12-7-14(5-3-11(12)6-13)26(24)23-19-10-22-18-9-17(21)16(20)8-15(18)19;/h2-10,22-23H,1H3;1H2. The van der Waals surface area contributed by atoms with E-state index in [1.165, 1.54) is 6.20 Å². The quantitative estimate of drug-likeness (QED) is 0.553. The Kier molecular flexibility index (Phi) is 5.11. The minimum absolute atomic E-state index is 0. The Bertz CT molecular complexity index is 1160. The molecular weight excluding hydrogens is 374 g/mol. The topological polar surface area (TPSA) is 85.6 Å². The van der Waals surface area contributed by atoms with Gasteiger partial charge in [-0.3, -0.25) is 4.72 Å². The van der Waals surface area contributed by atoms with Crippen molar-refractivity contribution in [2.75, 3.05) is 11.8 Å². The molecule has 140 valence electrons. The predicted molar refractivity (Wildman–Crippen MR) is 102 cm³/mol. The number of ether oxygens (including phenoxy) is 1. The molecule has 0 saturated carbocycles. The molecule has 1 heterocycles. The van der Waals surface area contributed by atoms with Gasteiger partial charge in [0, 0.05) is 17.6 Å². The first-order valence-electron chi connectivity index (χ1n) is 7.77. The summed E-state index contributed by atoms with van der Waals surface area (Å²) in [5.74, 6) is -1.14. The molecule has 1 aromatic heterocycles. The average Bonchev–Trinajstić information content (AvgIpc) is 3.02. The summed E-state index contributed by atoms with van der Waals surface area (Å²) in [5, 5.41) is 2.32. The van der Waals surface area contributed by atoms with Gasteiger partial charge < -0.3 is 15.2 Å². The van der Waals surface area contributed by atoms with E-state index in [9.17, 15) is 13.0 Å². The number of aromatic amines is 1. The molecule has 1 atom stereocenters. The summed E-state index contributed by atoms with van der Waals surface area (Å²) in [6, 6.07) is 13.2. The van der Waals surface area contributed by atoms with Gasteiger partial charge in [-0.15, -0.1) is 0 Å². The lowest BCUT2D eigenvalue weighted by atomic mass is 10.1. The summed E-state index contributed by atoms with van der Waals surface area (Å²) in [6.07, 6.45) is 1.54. The SMILES string of the molecule is COc1ccc2cc(S(=O)Nc3c[nH]c4cc(F)c(F)cc34)ccc2c1.O. The Balaban J connectivity index is 0.00000210. The number of methoxy groups -OCH3 is 1. The van der Waals surface area contributed by atoms with Crippen LogP contribution in [-0.4, -0.2) is 21.8 Å². The Morgan fingerprint density at radius 2 is 1.70 bits per heavy atom. The maximum Gasteiger partial charge on any atom is 0.160 e. The summed E-state index contributed by atoms with van der Waals surface area (Å²) >= 11 is 0. The number of hydrogen-bond acceptors (Lipinski definition) is 2. The number of anilines is 1. The highest BCUT2D eigenvalue weighted by atomic mass is 32.2. The summed E-state index contributed by atoms with van der Waals surface area (Å²) in [5.41, 5.74) is 0.862. The van der Waals surface area contributed by atoms with Gasteiger partial charge in [-0.25, -0.2) is 13.0 Å². The van der Waals surface area contributed by atoms with Crippen molar-refractivity contribution >= 4 is 38.3 Å². The molecule has 1 unspecified atom stereocenters. The Morgan fingerprint density at radius 1 is 1.00 bits per heavy atom. The highest BCUT2D eigenvalue weighted by Crippen LogP contribution is 2.28. The van der Waals surface area contributed by atoms with E-state index in [1.807, 2.05) is 30.3 Å². The summed E-state index contributed by atoms with van der Waals surface area (Å²) in [4.78, 5) is 3.41. The number of fused-ring (bicyclic) bond motifs is 2. The van der Waals surface area contributed by atoms with Crippen LogP contribution in [0.4, 0.5) is 14.5 Å². The van der Waals surface area contributed by atoms with Crippen molar-refractivity contribution in [3.8, 4) is 5.75 Å². The molecule has 8 heteroatoms. The first-order chi connectivity index (χ1) is 12.5. The summed E-state index contributed by atoms with van der Waals surface area (Å²) in [6.45, 7) is 0. The molecule has 0 spiro atoms. The number of benzene rings is 3. The third-order valence-electron chi connectivity index (χ3n) is 4.16. The van der Waals surface area contributed by atoms with Gasteiger partial charge in [0.05, 0.1) is 23.2 Å². The van der Waals surface area contributed by atoms with E-state index in [1.54, 1.807) is 13.2 Å². The van der Waals surface area contributed by atoms with Crippen molar-refractivity contribution in [2.24, 2.45) is 0 Å². The van der Waals surface area contributed by atoms with Gasteiger partial charge in [0.15, 0.2) is 11.6 Å². The number of nitrogens with one attached hydrogen (secondary N) is 2. The van der Waals surface area contributed by atoms with Crippen LogP contribution in [0, 0.1) is 11.6 Å². The zero-order chi connectivity index (χ0) is 18.3. The molecule has 0 aliphatic rings. The number of H-pyrrole nitrogens is 1. The van der Waals surface area contributed by atoms with Gasteiger partial charge in [-0.05, 0) is 41.1 Å². The van der Waals surface area contributed by atoms with Crippen LogP contribution in [0.1, 0.15) is 0 Å². The zero-order valence-corrected chi connectivity index (χ0v) is 15.0. The molecule has 0 fully saturated rings. The van der Waals surface area contributed by atoms with Crippen LogP contribution in [0.15, 0.2) is 59.6 Å². The van der Waals surface area contributed by atoms with Crippen molar-refractivity contribution in [3.05, 3.63) is 66.4 Å². The van der Waals surface area contributed by atoms with Crippen molar-refractivity contribution in [1.29, 1.82) is 0 Å². The molecule has 27 heavy (non-hydrogen) atoms. The van der Waals surface area contributed by atoms with Crippen LogP contribution < -0.4 is 9.46 Å². The largest absolute Gasteiger partial charge is 0.497 e. The summed E-state index contributed by atoms with van der Waals surface area (Å²) in [7, 11) is 0.0402. The lowest BCUT2D eigenvalue weighted by molar-refractivity contribution is 0.415. The first kappa shape index (κ1) is 18.8. The minimum atomic E-state index is -1.56. The second-order valence-electron chi connectivity index (χ2n) is 5.76. The predicted octanol–water partition coefficient (Wildman–Crippen LogP) is 3.92. The Labute approximate surface area is 155 Å². The molecule has 0 aliphatic heterocycles. The van der Waals surface area contributed by atoms with Crippen LogP contribution in [0.2, 0.25) is 0 Å². The van der Waals surface area contributed by atoms with E-state index >= 15 is 0 Å². The fourth-order valence-electron chi connectivity index (χ4n) is 2.80. The van der Waals surface area contributed by atoms with E-state index in [-0.39, 0.29) is 5.48 Å². The lowest BCUT2D eigenvalue weighted by Crippen LogP contribution is -2.04. The molecule has 4 aromatic rings. The second kappa shape index (κ2) is 7.34. The van der Waals surface area contributed by atoms with E-state index in [4.69, 9.17) is 4.74 Å². The monoisotopic (exact) mass is 390 g/mol. The molecule has 5 nitrogen and oxygen atoms in total. The molecule has 3 aromatic carbocycles. The molecule has 0 radical (unpaired) electrons. The highest BCUT2D eigenvalue weighted by molar-refractivity contribution is 7.86. The van der Waals surface area contributed by atoms with Gasteiger partial charge >= 0.3 is 0 Å². The number of hydrogen-bond donors (Lipinski definition) is 2. The van der Waals surface area contributed by atoms with E-state index in [2.05, 4.69) is 9.71 Å². The highest BCUT2D eigenvalue weighted by Gasteiger charge is 2.12. The third-order valence-corrected chi connectivity index (χ3v) is 5.25. The lowest BCUT2D eigenvalue weighted by Gasteiger charge is -2.07. The van der Waals surface area contributed by atoms with Crippen LogP contribution >= 0.6 is 0 Å². The number of rotatable bonds is 4. The van der Waals surface area contributed by atoms with E-state index in [0.717, 1.165) is 28.7 Å². The maximum atomic E-state index is 13.5. The second-order valence-corrected chi connectivity index (χ2v) is 6.97. The van der Waals surface area contributed by atoms with Gasteiger partial charge in [-0.2, -0.15) is 0 Å². The van der Waals surface area contributed by atoms with Crippen molar-refractivity contribution in [2.45, 2.75) is 4.90 Å². The molecule has 0 amide bonds. The van der Waals surface area contributed by atoms with Gasteiger partial charge in [0.2, 0.25) is 0 Å². The maximum absolute atomic E-state index is 13.5. The number of halogens is 2. The smallest absolute Gasteiger partial charge is 0.160 e. The van der Waals surface area contributed by atoms with Crippen LogP contribution in [0.25, 0.3) is 21.7 Å². The fraction of sp³-hybridized carbons (Fsp3) is 0.0526.